The van der Waals surface area contributed by atoms with Crippen LogP contribution in [0.4, 0.5) is 0 Å². The van der Waals surface area contributed by atoms with Gasteiger partial charge in [0, 0.05) is 27.8 Å². The molecule has 1 aromatic heterocycles. The van der Waals surface area contributed by atoms with E-state index in [4.69, 9.17) is 0 Å². The van der Waals surface area contributed by atoms with Crippen LogP contribution in [-0.4, -0.2) is 17.1 Å². The molecule has 1 aromatic rings. The van der Waals surface area contributed by atoms with Crippen molar-refractivity contribution in [2.45, 2.75) is 38.6 Å². The van der Waals surface area contributed by atoms with Crippen molar-refractivity contribution in [3.63, 3.8) is 0 Å². The van der Waals surface area contributed by atoms with E-state index in [1.807, 2.05) is 6.20 Å². The first-order valence-corrected chi connectivity index (χ1v) is 6.61. The van der Waals surface area contributed by atoms with Crippen LogP contribution in [0.15, 0.2) is 22.8 Å². The SMILES string of the molecule is CC(C)(C)NCC1CC1c1ccc(Br)cn1. The second-order valence-corrected chi connectivity index (χ2v) is 6.55. The number of hydrogen-bond acceptors (Lipinski definition) is 2. The Morgan fingerprint density at radius 3 is 2.75 bits per heavy atom. The van der Waals surface area contributed by atoms with Crippen LogP contribution in [0.5, 0.6) is 0 Å². The highest BCUT2D eigenvalue weighted by Crippen LogP contribution is 2.46. The number of hydrogen-bond donors (Lipinski definition) is 1. The smallest absolute Gasteiger partial charge is 0.0438 e. The standard InChI is InChI=1S/C13H19BrN2/c1-13(2,3)16-7-9-6-11(9)12-5-4-10(14)8-15-12/h4-5,8-9,11,16H,6-7H2,1-3H3. The zero-order valence-corrected chi connectivity index (χ0v) is 11.7. The molecule has 1 N–H and O–H groups in total. The Bertz CT molecular complexity index is 353. The fourth-order valence-electron chi connectivity index (χ4n) is 1.88. The first-order chi connectivity index (χ1) is 7.46. The highest BCUT2D eigenvalue weighted by atomic mass is 79.9. The minimum Gasteiger partial charge on any atom is -0.312 e. The summed E-state index contributed by atoms with van der Waals surface area (Å²) in [4.78, 5) is 4.46. The molecule has 1 heterocycles. The summed E-state index contributed by atoms with van der Waals surface area (Å²) in [5.41, 5.74) is 1.46. The van der Waals surface area contributed by atoms with Crippen LogP contribution in [0.2, 0.25) is 0 Å². The molecule has 2 rings (SSSR count). The molecule has 0 aromatic carbocycles. The van der Waals surface area contributed by atoms with Crippen molar-refractivity contribution < 1.29 is 0 Å². The van der Waals surface area contributed by atoms with E-state index in [0.29, 0.717) is 5.92 Å². The largest absolute Gasteiger partial charge is 0.312 e. The third-order valence-corrected chi connectivity index (χ3v) is 3.42. The second kappa shape index (κ2) is 4.46. The van der Waals surface area contributed by atoms with Gasteiger partial charge in [-0.15, -0.1) is 0 Å². The lowest BCUT2D eigenvalue weighted by atomic mass is 10.1. The van der Waals surface area contributed by atoms with Gasteiger partial charge >= 0.3 is 0 Å². The minimum atomic E-state index is 0.223. The van der Waals surface area contributed by atoms with Gasteiger partial charge < -0.3 is 5.32 Å². The molecule has 2 atom stereocenters. The van der Waals surface area contributed by atoms with Crippen molar-refractivity contribution >= 4 is 15.9 Å². The molecule has 0 amide bonds. The average Bonchev–Trinajstić information content (AvgIpc) is 2.94. The lowest BCUT2D eigenvalue weighted by Gasteiger charge is -2.20. The van der Waals surface area contributed by atoms with Crippen LogP contribution in [0, 0.1) is 5.92 Å². The maximum Gasteiger partial charge on any atom is 0.0438 e. The number of nitrogens with zero attached hydrogens (tertiary/aromatic N) is 1. The summed E-state index contributed by atoms with van der Waals surface area (Å²) in [5, 5.41) is 3.56. The van der Waals surface area contributed by atoms with E-state index >= 15 is 0 Å². The molecule has 0 spiro atoms. The Morgan fingerprint density at radius 1 is 1.44 bits per heavy atom. The highest BCUT2D eigenvalue weighted by molar-refractivity contribution is 9.10. The maximum absolute atomic E-state index is 4.46. The van der Waals surface area contributed by atoms with E-state index in [-0.39, 0.29) is 5.54 Å². The van der Waals surface area contributed by atoms with Gasteiger partial charge in [0.25, 0.3) is 0 Å². The van der Waals surface area contributed by atoms with Crippen molar-refractivity contribution in [2.24, 2.45) is 5.92 Å². The Morgan fingerprint density at radius 2 is 2.19 bits per heavy atom. The molecule has 0 saturated heterocycles. The van der Waals surface area contributed by atoms with Crippen molar-refractivity contribution in [3.8, 4) is 0 Å². The van der Waals surface area contributed by atoms with E-state index in [1.165, 1.54) is 12.1 Å². The van der Waals surface area contributed by atoms with Gasteiger partial charge in [-0.25, -0.2) is 0 Å². The summed E-state index contributed by atoms with van der Waals surface area (Å²) in [6.07, 6.45) is 3.17. The van der Waals surface area contributed by atoms with Crippen molar-refractivity contribution in [1.29, 1.82) is 0 Å². The van der Waals surface area contributed by atoms with Crippen LogP contribution >= 0.6 is 15.9 Å². The van der Waals surface area contributed by atoms with E-state index in [0.717, 1.165) is 16.9 Å². The third kappa shape index (κ3) is 3.29. The van der Waals surface area contributed by atoms with E-state index in [1.54, 1.807) is 0 Å². The molecule has 1 fully saturated rings. The summed E-state index contributed by atoms with van der Waals surface area (Å²) in [7, 11) is 0. The number of halogens is 1. The van der Waals surface area contributed by atoms with E-state index in [2.05, 4.69) is 59.1 Å². The summed E-state index contributed by atoms with van der Waals surface area (Å²) >= 11 is 3.41. The lowest BCUT2D eigenvalue weighted by Crippen LogP contribution is -2.37. The summed E-state index contributed by atoms with van der Waals surface area (Å²) in [6, 6.07) is 4.21. The van der Waals surface area contributed by atoms with Crippen LogP contribution in [0.3, 0.4) is 0 Å². The van der Waals surface area contributed by atoms with Gasteiger partial charge in [-0.05, 0) is 67.7 Å². The Balaban J connectivity index is 1.85. The average molecular weight is 283 g/mol. The van der Waals surface area contributed by atoms with Gasteiger partial charge in [-0.2, -0.15) is 0 Å². The molecular formula is C13H19BrN2. The predicted octanol–water partition coefficient (Wildman–Crippen LogP) is 3.34. The first kappa shape index (κ1) is 12.1. The topological polar surface area (TPSA) is 24.9 Å². The van der Waals surface area contributed by atoms with Gasteiger partial charge in [0.15, 0.2) is 0 Å². The molecule has 2 nitrogen and oxygen atoms in total. The van der Waals surface area contributed by atoms with Crippen molar-refractivity contribution in [1.82, 2.24) is 10.3 Å². The monoisotopic (exact) mass is 282 g/mol. The van der Waals surface area contributed by atoms with Gasteiger partial charge in [-0.1, -0.05) is 0 Å². The van der Waals surface area contributed by atoms with Crippen LogP contribution in [-0.2, 0) is 0 Å². The third-order valence-electron chi connectivity index (χ3n) is 2.95. The van der Waals surface area contributed by atoms with E-state index < -0.39 is 0 Å². The molecule has 0 radical (unpaired) electrons. The molecule has 3 heteroatoms. The number of nitrogens with one attached hydrogen (secondary N) is 1. The molecule has 1 saturated carbocycles. The Kier molecular flexibility index (Phi) is 3.36. The minimum absolute atomic E-state index is 0.223. The molecular weight excluding hydrogens is 264 g/mol. The molecule has 1 aliphatic carbocycles. The predicted molar refractivity (Wildman–Crippen MR) is 70.5 cm³/mol. The second-order valence-electron chi connectivity index (χ2n) is 5.63. The van der Waals surface area contributed by atoms with Gasteiger partial charge in [0.05, 0.1) is 0 Å². The Labute approximate surface area is 106 Å². The van der Waals surface area contributed by atoms with Crippen LogP contribution in [0.25, 0.3) is 0 Å². The molecule has 1 aliphatic rings. The van der Waals surface area contributed by atoms with Crippen LogP contribution < -0.4 is 5.32 Å². The molecule has 0 aliphatic heterocycles. The van der Waals surface area contributed by atoms with Crippen molar-refractivity contribution in [3.05, 3.63) is 28.5 Å². The number of pyridine rings is 1. The quantitative estimate of drug-likeness (QED) is 0.920. The zero-order valence-electron chi connectivity index (χ0n) is 10.1. The van der Waals surface area contributed by atoms with Crippen LogP contribution in [0.1, 0.15) is 38.8 Å². The fraction of sp³-hybridized carbons (Fsp3) is 0.615. The van der Waals surface area contributed by atoms with Gasteiger partial charge in [0.1, 0.15) is 0 Å². The van der Waals surface area contributed by atoms with Crippen molar-refractivity contribution in [2.75, 3.05) is 6.54 Å². The summed E-state index contributed by atoms with van der Waals surface area (Å²) in [5.74, 6) is 1.44. The number of aromatic nitrogens is 1. The number of rotatable bonds is 3. The Hall–Kier alpha value is -0.410. The normalized spacial score (nSPS) is 24.5. The zero-order chi connectivity index (χ0) is 11.8. The summed E-state index contributed by atoms with van der Waals surface area (Å²) < 4.78 is 1.06. The van der Waals surface area contributed by atoms with Gasteiger partial charge in [-0.3, -0.25) is 4.98 Å². The first-order valence-electron chi connectivity index (χ1n) is 5.82. The van der Waals surface area contributed by atoms with Gasteiger partial charge in [0.2, 0.25) is 0 Å². The fourth-order valence-corrected chi connectivity index (χ4v) is 2.11. The molecule has 88 valence electrons. The summed E-state index contributed by atoms with van der Waals surface area (Å²) in [6.45, 7) is 7.73. The highest BCUT2D eigenvalue weighted by Gasteiger charge is 2.39. The molecule has 2 unspecified atom stereocenters. The van der Waals surface area contributed by atoms with E-state index in [9.17, 15) is 0 Å². The lowest BCUT2D eigenvalue weighted by molar-refractivity contribution is 0.414. The molecule has 0 bridgehead atoms. The maximum atomic E-state index is 4.46. The molecule has 16 heavy (non-hydrogen) atoms.